The van der Waals surface area contributed by atoms with Gasteiger partial charge in [0.2, 0.25) is 0 Å². The molecule has 16 heavy (non-hydrogen) atoms. The lowest BCUT2D eigenvalue weighted by molar-refractivity contribution is 0.559. The quantitative estimate of drug-likeness (QED) is 0.795. The number of nitrogens with two attached hydrogens (primary N) is 1. The van der Waals surface area contributed by atoms with Gasteiger partial charge in [-0.15, -0.1) is 0 Å². The molecule has 0 amide bonds. The maximum atomic E-state index is 13.5. The van der Waals surface area contributed by atoms with Crippen molar-refractivity contribution in [1.29, 1.82) is 0 Å². The second-order valence-electron chi connectivity index (χ2n) is 4.24. The SMILES string of the molecule is CC(C)C(C)Nc1ccc(C(N)=S)c(F)c1. The summed E-state index contributed by atoms with van der Waals surface area (Å²) in [7, 11) is 0. The largest absolute Gasteiger partial charge is 0.389 e. The molecule has 4 heteroatoms. The lowest BCUT2D eigenvalue weighted by Crippen LogP contribution is -2.21. The topological polar surface area (TPSA) is 38.0 Å². The van der Waals surface area contributed by atoms with Gasteiger partial charge in [-0.3, -0.25) is 0 Å². The molecule has 0 bridgehead atoms. The van der Waals surface area contributed by atoms with Gasteiger partial charge in [-0.2, -0.15) is 0 Å². The fourth-order valence-electron chi connectivity index (χ4n) is 1.23. The minimum absolute atomic E-state index is 0.0842. The van der Waals surface area contributed by atoms with Gasteiger partial charge in [0, 0.05) is 17.3 Å². The molecule has 1 aromatic carbocycles. The normalized spacial score (nSPS) is 12.6. The number of anilines is 1. The molecule has 0 aliphatic rings. The van der Waals surface area contributed by atoms with Gasteiger partial charge in [0.1, 0.15) is 10.8 Å². The first kappa shape index (κ1) is 12.9. The molecule has 0 aromatic heterocycles. The van der Waals surface area contributed by atoms with Gasteiger partial charge in [0.25, 0.3) is 0 Å². The van der Waals surface area contributed by atoms with Crippen LogP contribution in [0, 0.1) is 11.7 Å². The van der Waals surface area contributed by atoms with Gasteiger partial charge < -0.3 is 11.1 Å². The van der Waals surface area contributed by atoms with E-state index in [9.17, 15) is 4.39 Å². The van der Waals surface area contributed by atoms with Crippen molar-refractivity contribution in [2.45, 2.75) is 26.8 Å². The molecule has 88 valence electrons. The molecule has 1 rings (SSSR count). The van der Waals surface area contributed by atoms with Gasteiger partial charge in [-0.1, -0.05) is 26.1 Å². The lowest BCUT2D eigenvalue weighted by Gasteiger charge is -2.19. The van der Waals surface area contributed by atoms with Crippen LogP contribution in [0.3, 0.4) is 0 Å². The Morgan fingerprint density at radius 2 is 2.00 bits per heavy atom. The van der Waals surface area contributed by atoms with Gasteiger partial charge >= 0.3 is 0 Å². The number of rotatable bonds is 4. The standard InChI is InChI=1S/C12H17FN2S/c1-7(2)8(3)15-9-4-5-10(12(14)16)11(13)6-9/h4-8,15H,1-3H3,(H2,14,16). The van der Waals surface area contributed by atoms with E-state index < -0.39 is 0 Å². The third kappa shape index (κ3) is 3.17. The predicted molar refractivity (Wildman–Crippen MR) is 70.2 cm³/mol. The number of halogens is 1. The van der Waals surface area contributed by atoms with Crippen molar-refractivity contribution >= 4 is 22.9 Å². The van der Waals surface area contributed by atoms with Crippen LogP contribution >= 0.6 is 12.2 Å². The maximum absolute atomic E-state index is 13.5. The van der Waals surface area contributed by atoms with Crippen LogP contribution in [0.5, 0.6) is 0 Å². The molecule has 1 unspecified atom stereocenters. The Labute approximate surface area is 101 Å². The first-order chi connectivity index (χ1) is 7.41. The van der Waals surface area contributed by atoms with Crippen LogP contribution in [0.1, 0.15) is 26.3 Å². The zero-order valence-electron chi connectivity index (χ0n) is 9.75. The fraction of sp³-hybridized carbons (Fsp3) is 0.417. The van der Waals surface area contributed by atoms with Crippen molar-refractivity contribution in [2.24, 2.45) is 11.7 Å². The zero-order chi connectivity index (χ0) is 12.3. The molecular formula is C12H17FN2S. The molecule has 0 fully saturated rings. The average Bonchev–Trinajstić information content (AvgIpc) is 2.16. The lowest BCUT2D eigenvalue weighted by atomic mass is 10.1. The highest BCUT2D eigenvalue weighted by Gasteiger charge is 2.09. The summed E-state index contributed by atoms with van der Waals surface area (Å²) < 4.78 is 13.5. The van der Waals surface area contributed by atoms with Gasteiger partial charge in [0.05, 0.1) is 0 Å². The summed E-state index contributed by atoms with van der Waals surface area (Å²) in [5.41, 5.74) is 6.42. The van der Waals surface area contributed by atoms with Gasteiger partial charge in [0.15, 0.2) is 0 Å². The monoisotopic (exact) mass is 240 g/mol. The molecule has 2 nitrogen and oxygen atoms in total. The molecule has 0 aliphatic heterocycles. The highest BCUT2D eigenvalue weighted by atomic mass is 32.1. The number of hydrogen-bond donors (Lipinski definition) is 2. The summed E-state index contributed by atoms with van der Waals surface area (Å²) in [6.07, 6.45) is 0. The van der Waals surface area contributed by atoms with Crippen LogP contribution in [-0.4, -0.2) is 11.0 Å². The number of nitrogens with one attached hydrogen (secondary N) is 1. The van der Waals surface area contributed by atoms with Gasteiger partial charge in [-0.25, -0.2) is 4.39 Å². The summed E-state index contributed by atoms with van der Waals surface area (Å²) in [6.45, 7) is 6.28. The van der Waals surface area contributed by atoms with E-state index in [0.29, 0.717) is 5.92 Å². The van der Waals surface area contributed by atoms with E-state index in [4.69, 9.17) is 18.0 Å². The summed E-state index contributed by atoms with van der Waals surface area (Å²) in [5, 5.41) is 3.22. The highest BCUT2D eigenvalue weighted by Crippen LogP contribution is 2.17. The summed E-state index contributed by atoms with van der Waals surface area (Å²) >= 11 is 4.74. The molecule has 0 aliphatic carbocycles. The Kier molecular flexibility index (Phi) is 4.24. The van der Waals surface area contributed by atoms with E-state index in [2.05, 4.69) is 26.1 Å². The summed E-state index contributed by atoms with van der Waals surface area (Å²) in [4.78, 5) is 0.0842. The van der Waals surface area contributed by atoms with E-state index in [1.807, 2.05) is 0 Å². The fourth-order valence-corrected chi connectivity index (χ4v) is 1.40. The smallest absolute Gasteiger partial charge is 0.135 e. The Bertz CT molecular complexity index is 391. The molecule has 3 N–H and O–H groups in total. The Balaban J connectivity index is 2.85. The van der Waals surface area contributed by atoms with Gasteiger partial charge in [-0.05, 0) is 31.0 Å². The minimum atomic E-state index is -0.381. The minimum Gasteiger partial charge on any atom is -0.389 e. The Morgan fingerprint density at radius 3 is 2.44 bits per heavy atom. The van der Waals surface area contributed by atoms with E-state index in [-0.39, 0.29) is 22.4 Å². The average molecular weight is 240 g/mol. The Hall–Kier alpha value is -1.16. The van der Waals surface area contributed by atoms with Crippen LogP contribution in [0.2, 0.25) is 0 Å². The molecule has 1 aromatic rings. The van der Waals surface area contributed by atoms with Crippen molar-refractivity contribution in [1.82, 2.24) is 0 Å². The van der Waals surface area contributed by atoms with Crippen molar-refractivity contribution in [2.75, 3.05) is 5.32 Å². The van der Waals surface area contributed by atoms with Crippen molar-refractivity contribution in [3.05, 3.63) is 29.6 Å². The molecule has 0 spiro atoms. The van der Waals surface area contributed by atoms with Crippen molar-refractivity contribution < 1.29 is 4.39 Å². The third-order valence-corrected chi connectivity index (χ3v) is 2.85. The second-order valence-corrected chi connectivity index (χ2v) is 4.68. The predicted octanol–water partition coefficient (Wildman–Crippen LogP) is 2.92. The third-order valence-electron chi connectivity index (χ3n) is 2.63. The van der Waals surface area contributed by atoms with E-state index in [1.54, 1.807) is 12.1 Å². The Morgan fingerprint density at radius 1 is 1.38 bits per heavy atom. The van der Waals surface area contributed by atoms with Crippen molar-refractivity contribution in [3.8, 4) is 0 Å². The molecule has 0 saturated carbocycles. The molecule has 1 atom stereocenters. The first-order valence-corrected chi connectivity index (χ1v) is 5.68. The molecule has 0 radical (unpaired) electrons. The van der Waals surface area contributed by atoms with Crippen LogP contribution in [0.4, 0.5) is 10.1 Å². The first-order valence-electron chi connectivity index (χ1n) is 5.27. The summed E-state index contributed by atoms with van der Waals surface area (Å²) in [5.74, 6) is 0.103. The maximum Gasteiger partial charge on any atom is 0.135 e. The van der Waals surface area contributed by atoms with E-state index in [0.717, 1.165) is 5.69 Å². The number of thiocarbonyl (C=S) groups is 1. The number of benzene rings is 1. The zero-order valence-corrected chi connectivity index (χ0v) is 10.6. The number of hydrogen-bond acceptors (Lipinski definition) is 2. The van der Waals surface area contributed by atoms with E-state index >= 15 is 0 Å². The molecular weight excluding hydrogens is 223 g/mol. The van der Waals surface area contributed by atoms with Crippen molar-refractivity contribution in [3.63, 3.8) is 0 Å². The second kappa shape index (κ2) is 5.25. The van der Waals surface area contributed by atoms with Crippen LogP contribution < -0.4 is 11.1 Å². The van der Waals surface area contributed by atoms with Crippen LogP contribution in [0.25, 0.3) is 0 Å². The van der Waals surface area contributed by atoms with Crippen LogP contribution in [-0.2, 0) is 0 Å². The van der Waals surface area contributed by atoms with E-state index in [1.165, 1.54) is 6.07 Å². The molecule has 0 saturated heterocycles. The summed E-state index contributed by atoms with van der Waals surface area (Å²) in [6, 6.07) is 5.10. The van der Waals surface area contributed by atoms with Crippen LogP contribution in [0.15, 0.2) is 18.2 Å². The molecule has 0 heterocycles. The highest BCUT2D eigenvalue weighted by molar-refractivity contribution is 7.80.